The van der Waals surface area contributed by atoms with Gasteiger partial charge in [0.1, 0.15) is 0 Å². The summed E-state index contributed by atoms with van der Waals surface area (Å²) in [5.41, 5.74) is 22.7. The van der Waals surface area contributed by atoms with Crippen molar-refractivity contribution < 1.29 is 10.0 Å². The van der Waals surface area contributed by atoms with Crippen molar-refractivity contribution in [2.75, 3.05) is 0 Å². The molecule has 0 aliphatic heterocycles. The molecule has 0 atom stereocenters. The van der Waals surface area contributed by atoms with Gasteiger partial charge in [-0.05, 0) is 192 Å². The zero-order chi connectivity index (χ0) is 77.0. The molecule has 0 unspecified atom stereocenters. The van der Waals surface area contributed by atoms with Crippen LogP contribution in [0.25, 0.3) is 211 Å². The van der Waals surface area contributed by atoms with E-state index in [4.69, 9.17) is 0 Å². The van der Waals surface area contributed by atoms with Gasteiger partial charge in [0.15, 0.2) is 0 Å². The highest BCUT2D eigenvalue weighted by Crippen LogP contribution is 2.52. The summed E-state index contributed by atoms with van der Waals surface area (Å²) >= 11 is 20.3. The Balaban J connectivity index is 0.000000123. The van der Waals surface area contributed by atoms with Gasteiger partial charge in [-0.25, -0.2) is 0 Å². The first-order chi connectivity index (χ1) is 57.2. The van der Waals surface area contributed by atoms with E-state index in [1.165, 1.54) is 201 Å². The number of benzene rings is 14. The van der Waals surface area contributed by atoms with Gasteiger partial charge in [0.25, 0.3) is 0 Å². The van der Waals surface area contributed by atoms with E-state index in [9.17, 15) is 10.0 Å². The van der Waals surface area contributed by atoms with E-state index in [0.717, 1.165) is 17.7 Å². The fourth-order valence-electron chi connectivity index (χ4n) is 17.3. The highest BCUT2D eigenvalue weighted by Gasteiger charge is 2.26. The van der Waals surface area contributed by atoms with Gasteiger partial charge in [-0.3, -0.25) is 0 Å². The van der Waals surface area contributed by atoms with Crippen molar-refractivity contribution in [3.63, 3.8) is 0 Å². The monoisotopic (exact) mass is 1740 g/mol. The highest BCUT2D eigenvalue weighted by atomic mass is 79.9. The Kier molecular flexibility index (Phi) is 17.1. The zero-order valence-corrected chi connectivity index (χ0v) is 70.2. The molecule has 14 aromatic carbocycles. The number of para-hydroxylation sites is 4. The molecule has 25 aromatic rings. The predicted octanol–water partition coefficient (Wildman–Crippen LogP) is 30.7. The molecule has 16 heteroatoms. The van der Waals surface area contributed by atoms with Crippen LogP contribution in [0.15, 0.2) is 353 Å². The van der Waals surface area contributed by atoms with Gasteiger partial charge in [-0.1, -0.05) is 218 Å². The van der Waals surface area contributed by atoms with Crippen LogP contribution in [0.2, 0.25) is 0 Å². The minimum Gasteiger partial charge on any atom is -0.423 e. The Hall–Kier alpha value is -11.3. The Morgan fingerprint density at radius 1 is 0.216 bits per heavy atom. The summed E-state index contributed by atoms with van der Waals surface area (Å²) in [5, 5.41) is 31.3. The van der Waals surface area contributed by atoms with E-state index in [0.29, 0.717) is 5.46 Å². The van der Waals surface area contributed by atoms with Crippen molar-refractivity contribution in [1.82, 2.24) is 18.3 Å². The third kappa shape index (κ3) is 11.5. The molecule has 11 aromatic heterocycles. The van der Waals surface area contributed by atoms with Crippen LogP contribution in [0.1, 0.15) is 0 Å². The van der Waals surface area contributed by atoms with Gasteiger partial charge in [-0.2, -0.15) is 0 Å². The standard InChI is InChI=1S/C56H32N2S4.C32H18Br2N2S2.C12H9BO2S/c1-2-12-35(13-3-1)57-45-21-7-4-14-37(45)44-30-34(26-29-46(44)57)33-24-27-36(28-25-33)58-47-31-51(42-19-10-17-40-38-15-5-8-22-49(38)59-53(40)42)61-55(47)56-48(58)32-52(62-56)43-20-11-18-41-39-16-6-9-23-50(39)60-54(41)43;33-29-17-27-31(37-29)32-28(18-30(34)38-32)36(27)22-13-10-19(11-14-22)20-12-15-26-24(16-20)23-8-4-5-9-25(23)35(26)21-6-2-1-3-7-21;14-13(15)10-6-3-5-9-8-4-1-2-7-11(8)16-12(9)10/h1-32H;1-18H;1-7,14-15H. The molecule has 25 rings (SSSR count). The molecule has 0 fully saturated rings. The summed E-state index contributed by atoms with van der Waals surface area (Å²) in [7, 11) is -1.41. The first-order valence-electron chi connectivity index (χ1n) is 38.1. The number of aromatic nitrogens is 4. The minimum atomic E-state index is -1.41. The maximum Gasteiger partial charge on any atom is 0.489 e. The van der Waals surface area contributed by atoms with Crippen LogP contribution in [-0.4, -0.2) is 35.4 Å². The topological polar surface area (TPSA) is 60.2 Å². The smallest absolute Gasteiger partial charge is 0.423 e. The second-order valence-electron chi connectivity index (χ2n) is 29.0. The number of halogens is 2. The normalized spacial score (nSPS) is 12.0. The SMILES string of the molecule is Brc1cc2c(s1)c1sc(Br)cc1n2-c1ccc(-c2ccc3c(c2)c2ccccc2n3-c2ccccc2)cc1.OB(O)c1cccc2c1sc1ccccc12.c1ccc(-n2c3ccccc3c3cc(-c4ccc(-n5c6cc(-c7cccc8c7sc7ccccc78)sc6c6sc(-c7cccc8c7sc7ccccc78)cc65)cc4)ccc32)cc1. The van der Waals surface area contributed by atoms with Gasteiger partial charge in [-0.15, -0.1) is 79.4 Å². The summed E-state index contributed by atoms with van der Waals surface area (Å²) in [6, 6.07) is 125. The fourth-order valence-corrected chi connectivity index (χ4v) is 26.9. The molecular formula is C100H59BBr2N4O2S7. The van der Waals surface area contributed by atoms with Gasteiger partial charge in [0.2, 0.25) is 0 Å². The fraction of sp³-hybridized carbons (Fsp3) is 0. The van der Waals surface area contributed by atoms with E-state index < -0.39 is 7.12 Å². The maximum atomic E-state index is 9.31. The molecule has 0 bridgehead atoms. The first-order valence-corrected chi connectivity index (χ1v) is 45.4. The van der Waals surface area contributed by atoms with Crippen LogP contribution in [-0.2, 0) is 0 Å². The summed E-state index contributed by atoms with van der Waals surface area (Å²) in [5.74, 6) is 0. The molecule has 0 amide bonds. The minimum absolute atomic E-state index is 0.582. The lowest BCUT2D eigenvalue weighted by Crippen LogP contribution is -2.29. The van der Waals surface area contributed by atoms with Crippen LogP contribution in [0.4, 0.5) is 0 Å². The molecule has 2 N–H and O–H groups in total. The third-order valence-corrected chi connectivity index (χ3v) is 32.1. The summed E-state index contributed by atoms with van der Waals surface area (Å²) in [4.78, 5) is 2.62. The number of hydrogen-bond donors (Lipinski definition) is 2. The molecule has 550 valence electrons. The number of fused-ring (bicyclic) bond motifs is 21. The summed E-state index contributed by atoms with van der Waals surface area (Å²) in [6.45, 7) is 0. The quantitative estimate of drug-likeness (QED) is 0.142. The number of rotatable bonds is 9. The van der Waals surface area contributed by atoms with Crippen LogP contribution in [0, 0.1) is 0 Å². The van der Waals surface area contributed by atoms with Gasteiger partial charge in [0.05, 0.1) is 70.5 Å². The van der Waals surface area contributed by atoms with E-state index >= 15 is 0 Å². The highest BCUT2D eigenvalue weighted by molar-refractivity contribution is 9.11. The largest absolute Gasteiger partial charge is 0.489 e. The van der Waals surface area contributed by atoms with Gasteiger partial charge in [0, 0.05) is 120 Å². The van der Waals surface area contributed by atoms with Crippen LogP contribution < -0.4 is 5.46 Å². The van der Waals surface area contributed by atoms with Crippen LogP contribution in [0.3, 0.4) is 0 Å². The summed E-state index contributed by atoms with van der Waals surface area (Å²) < 4.78 is 24.8. The van der Waals surface area contributed by atoms with Crippen LogP contribution >= 0.6 is 111 Å². The lowest BCUT2D eigenvalue weighted by molar-refractivity contribution is 0.426. The Morgan fingerprint density at radius 3 is 0.966 bits per heavy atom. The molecule has 11 heterocycles. The maximum absolute atomic E-state index is 9.31. The molecule has 0 radical (unpaired) electrons. The van der Waals surface area contributed by atoms with Crippen molar-refractivity contribution in [2.45, 2.75) is 0 Å². The van der Waals surface area contributed by atoms with Crippen molar-refractivity contribution in [1.29, 1.82) is 0 Å². The average Bonchev–Trinajstić information content (AvgIpc) is 1.56. The molecule has 0 saturated carbocycles. The lowest BCUT2D eigenvalue weighted by Gasteiger charge is -2.10. The van der Waals surface area contributed by atoms with Gasteiger partial charge < -0.3 is 28.3 Å². The van der Waals surface area contributed by atoms with Crippen molar-refractivity contribution in [3.8, 4) is 65.9 Å². The average molecular weight is 1740 g/mol. The molecule has 0 aliphatic carbocycles. The Morgan fingerprint density at radius 2 is 0.534 bits per heavy atom. The second-order valence-corrected chi connectivity index (χ2v) is 39.2. The van der Waals surface area contributed by atoms with Crippen LogP contribution in [0.5, 0.6) is 0 Å². The van der Waals surface area contributed by atoms with Crippen molar-refractivity contribution >= 4 is 269 Å². The predicted molar refractivity (Wildman–Crippen MR) is 514 cm³/mol. The van der Waals surface area contributed by atoms with E-state index in [1.807, 2.05) is 75.7 Å². The van der Waals surface area contributed by atoms with E-state index in [1.54, 1.807) is 40.1 Å². The van der Waals surface area contributed by atoms with E-state index in [2.05, 4.69) is 360 Å². The zero-order valence-electron chi connectivity index (χ0n) is 61.3. The Labute approximate surface area is 709 Å². The molecule has 116 heavy (non-hydrogen) atoms. The Bertz CT molecular complexity index is 8010. The molecule has 0 saturated heterocycles. The summed E-state index contributed by atoms with van der Waals surface area (Å²) in [6.07, 6.45) is 0. The molecule has 0 spiro atoms. The number of hydrogen-bond acceptors (Lipinski definition) is 9. The van der Waals surface area contributed by atoms with Crippen molar-refractivity contribution in [2.24, 2.45) is 0 Å². The second kappa shape index (κ2) is 28.3. The van der Waals surface area contributed by atoms with Crippen molar-refractivity contribution in [3.05, 3.63) is 353 Å². The molecule has 0 aliphatic rings. The lowest BCUT2D eigenvalue weighted by atomic mass is 9.80. The first kappa shape index (κ1) is 70.1. The number of nitrogens with zero attached hydrogens (tertiary/aromatic N) is 4. The van der Waals surface area contributed by atoms with E-state index in [-0.39, 0.29) is 0 Å². The molecule has 6 nitrogen and oxygen atoms in total. The van der Waals surface area contributed by atoms with Gasteiger partial charge >= 0.3 is 7.12 Å². The third-order valence-electron chi connectivity index (χ3n) is 22.5. The number of thiophene rings is 7. The molecular weight excluding hydrogens is 1680 g/mol.